The lowest BCUT2D eigenvalue weighted by atomic mass is 10.1. The molecule has 0 radical (unpaired) electrons. The molecule has 0 spiro atoms. The number of carbonyl (C=O) groups is 1. The summed E-state index contributed by atoms with van der Waals surface area (Å²) < 4.78 is 32.5. The van der Waals surface area contributed by atoms with Crippen molar-refractivity contribution in [1.29, 1.82) is 0 Å². The van der Waals surface area contributed by atoms with Crippen LogP contribution in [0.15, 0.2) is 72.9 Å². The minimum absolute atomic E-state index is 0.267. The highest BCUT2D eigenvalue weighted by Gasteiger charge is 2.24. The highest BCUT2D eigenvalue weighted by Crippen LogP contribution is 2.12. The summed E-state index contributed by atoms with van der Waals surface area (Å²) in [6.07, 6.45) is 57.4. The molecular weight excluding hydrogens is 691 g/mol. The Morgan fingerprint density at radius 1 is 0.500 bits per heavy atom. The summed E-state index contributed by atoms with van der Waals surface area (Å²) in [4.78, 5) is 12.5. The van der Waals surface area contributed by atoms with Crippen molar-refractivity contribution < 1.29 is 22.9 Å². The number of hydrogen-bond acceptors (Lipinski definition) is 4. The van der Waals surface area contributed by atoms with Crippen LogP contribution >= 0.6 is 0 Å². The van der Waals surface area contributed by atoms with Crippen LogP contribution in [0.4, 0.5) is 0 Å². The fourth-order valence-corrected chi connectivity index (χ4v) is 6.99. The fourth-order valence-electron chi connectivity index (χ4n) is 6.25. The van der Waals surface area contributed by atoms with Gasteiger partial charge in [-0.25, -0.2) is 0 Å². The van der Waals surface area contributed by atoms with Crippen LogP contribution in [0.1, 0.15) is 200 Å². The second-order valence-electron chi connectivity index (χ2n) is 15.0. The van der Waals surface area contributed by atoms with Crippen molar-refractivity contribution >= 4 is 16.0 Å². The number of rotatable bonds is 39. The maximum absolute atomic E-state index is 12.5. The largest absolute Gasteiger partial charge is 0.387 e. The molecule has 0 saturated carbocycles. The molecule has 0 aliphatic heterocycles. The van der Waals surface area contributed by atoms with Crippen molar-refractivity contribution in [2.24, 2.45) is 0 Å². The van der Waals surface area contributed by atoms with Crippen molar-refractivity contribution in [2.45, 2.75) is 212 Å². The van der Waals surface area contributed by atoms with Gasteiger partial charge in [0.25, 0.3) is 10.1 Å². The van der Waals surface area contributed by atoms with E-state index in [-0.39, 0.29) is 12.3 Å². The highest BCUT2D eigenvalue weighted by atomic mass is 32.2. The average Bonchev–Trinajstić information content (AvgIpc) is 3.14. The third-order valence-corrected chi connectivity index (χ3v) is 10.4. The Bertz CT molecular complexity index is 1120. The normalized spacial score (nSPS) is 13.9. The van der Waals surface area contributed by atoms with Gasteiger partial charge in [-0.1, -0.05) is 183 Å². The molecule has 54 heavy (non-hydrogen) atoms. The van der Waals surface area contributed by atoms with Gasteiger partial charge in [-0.15, -0.1) is 0 Å². The van der Waals surface area contributed by atoms with Gasteiger partial charge in [-0.3, -0.25) is 9.35 Å². The van der Waals surface area contributed by atoms with Crippen LogP contribution < -0.4 is 5.32 Å². The lowest BCUT2D eigenvalue weighted by molar-refractivity contribution is -0.122. The standard InChI is InChI=1S/C47H83NO5S/c1-3-5-7-9-11-13-15-17-19-21-23-24-25-27-29-31-33-35-37-39-41-43-47(50)48-45(44-54(51,52)53)46(49)42-40-38-36-34-32-30-28-26-22-20-18-16-14-12-10-8-6-4-2/h15,17,21-23,25-27,32,34,40,42,45-46,49H,3-14,16,18-20,24,28-31,33,35-39,41,43-44H2,1-2H3,(H,48,50)(H,51,52,53)/b17-15-,23-21-,26-22+,27-25-,34-32+,42-40+. The van der Waals surface area contributed by atoms with E-state index >= 15 is 0 Å². The summed E-state index contributed by atoms with van der Waals surface area (Å²) in [5, 5.41) is 13.2. The van der Waals surface area contributed by atoms with Gasteiger partial charge in [-0.2, -0.15) is 8.42 Å². The number of carbonyl (C=O) groups excluding carboxylic acids is 1. The van der Waals surface area contributed by atoms with E-state index < -0.39 is 28.0 Å². The summed E-state index contributed by atoms with van der Waals surface area (Å²) >= 11 is 0. The molecule has 1 amide bonds. The number of amides is 1. The zero-order valence-electron chi connectivity index (χ0n) is 34.8. The first kappa shape index (κ1) is 51.8. The van der Waals surface area contributed by atoms with Crippen molar-refractivity contribution in [2.75, 3.05) is 5.75 Å². The monoisotopic (exact) mass is 774 g/mol. The van der Waals surface area contributed by atoms with E-state index in [2.05, 4.69) is 79.9 Å². The van der Waals surface area contributed by atoms with E-state index in [9.17, 15) is 22.9 Å². The Labute approximate surface area is 334 Å². The SMILES string of the molecule is CCCCCCC/C=C\C/C=C\C/C=C\CCCCCCCCC(=O)NC(CS(=O)(=O)O)C(O)/C=C/CC/C=C/CC/C=C/CCCCCCCCCC. The van der Waals surface area contributed by atoms with Gasteiger partial charge in [0.05, 0.1) is 17.9 Å². The molecule has 0 aromatic rings. The molecule has 0 aromatic heterocycles. The molecule has 3 N–H and O–H groups in total. The van der Waals surface area contributed by atoms with Gasteiger partial charge in [0.1, 0.15) is 0 Å². The molecule has 0 rings (SSSR count). The van der Waals surface area contributed by atoms with E-state index in [1.54, 1.807) is 6.08 Å². The molecule has 6 nitrogen and oxygen atoms in total. The van der Waals surface area contributed by atoms with E-state index in [0.29, 0.717) is 12.8 Å². The molecule has 0 fully saturated rings. The number of aliphatic hydroxyl groups excluding tert-OH is 1. The molecule has 312 valence electrons. The third kappa shape index (κ3) is 41.0. The molecule has 0 saturated heterocycles. The molecular formula is C47H83NO5S. The Balaban J connectivity index is 4.01. The predicted octanol–water partition coefficient (Wildman–Crippen LogP) is 13.4. The van der Waals surface area contributed by atoms with Gasteiger partial charge >= 0.3 is 0 Å². The summed E-state index contributed by atoms with van der Waals surface area (Å²) in [5.74, 6) is -1.03. The smallest absolute Gasteiger partial charge is 0.267 e. The second-order valence-corrected chi connectivity index (χ2v) is 16.4. The average molecular weight is 774 g/mol. The summed E-state index contributed by atoms with van der Waals surface area (Å²) in [7, 11) is -4.37. The van der Waals surface area contributed by atoms with E-state index in [1.165, 1.54) is 102 Å². The maximum Gasteiger partial charge on any atom is 0.267 e. The quantitative estimate of drug-likeness (QED) is 0.0328. The van der Waals surface area contributed by atoms with Crippen LogP contribution in [0.5, 0.6) is 0 Å². The van der Waals surface area contributed by atoms with Crippen molar-refractivity contribution in [3.05, 3.63) is 72.9 Å². The van der Waals surface area contributed by atoms with Crippen LogP contribution in [0.2, 0.25) is 0 Å². The van der Waals surface area contributed by atoms with Crippen molar-refractivity contribution in [1.82, 2.24) is 5.32 Å². The van der Waals surface area contributed by atoms with Crippen molar-refractivity contribution in [3.8, 4) is 0 Å². The zero-order valence-corrected chi connectivity index (χ0v) is 35.6. The molecule has 0 bridgehead atoms. The minimum atomic E-state index is -4.37. The van der Waals surface area contributed by atoms with Crippen LogP contribution in [0.3, 0.4) is 0 Å². The first-order valence-electron chi connectivity index (χ1n) is 22.1. The van der Waals surface area contributed by atoms with E-state index in [1.807, 2.05) is 0 Å². The third-order valence-electron chi connectivity index (χ3n) is 9.58. The molecule has 0 aliphatic carbocycles. The molecule has 0 heterocycles. The van der Waals surface area contributed by atoms with Gasteiger partial charge in [0, 0.05) is 6.42 Å². The van der Waals surface area contributed by atoms with Gasteiger partial charge in [-0.05, 0) is 83.5 Å². The number of allylic oxidation sites excluding steroid dienone is 11. The molecule has 2 unspecified atom stereocenters. The fraction of sp³-hybridized carbons (Fsp3) is 0.723. The highest BCUT2D eigenvalue weighted by molar-refractivity contribution is 7.85. The maximum atomic E-state index is 12.5. The topological polar surface area (TPSA) is 104 Å². The molecule has 0 aliphatic rings. The predicted molar refractivity (Wildman–Crippen MR) is 234 cm³/mol. The minimum Gasteiger partial charge on any atom is -0.387 e. The van der Waals surface area contributed by atoms with Crippen LogP contribution in [-0.4, -0.2) is 41.9 Å². The van der Waals surface area contributed by atoms with Gasteiger partial charge in [0.15, 0.2) is 0 Å². The first-order chi connectivity index (χ1) is 26.3. The second kappa shape index (κ2) is 40.4. The number of nitrogens with one attached hydrogen (secondary N) is 1. The van der Waals surface area contributed by atoms with Crippen LogP contribution in [0, 0.1) is 0 Å². The Morgan fingerprint density at radius 3 is 1.30 bits per heavy atom. The van der Waals surface area contributed by atoms with Crippen LogP contribution in [-0.2, 0) is 14.9 Å². The van der Waals surface area contributed by atoms with Gasteiger partial charge < -0.3 is 10.4 Å². The van der Waals surface area contributed by atoms with E-state index in [0.717, 1.165) is 70.6 Å². The lowest BCUT2D eigenvalue weighted by Gasteiger charge is -2.21. The van der Waals surface area contributed by atoms with Crippen LogP contribution in [0.25, 0.3) is 0 Å². The summed E-state index contributed by atoms with van der Waals surface area (Å²) in [6, 6.07) is -1.09. The molecule has 0 aromatic carbocycles. The Kier molecular flexibility index (Phi) is 38.8. The number of aliphatic hydroxyl groups is 1. The summed E-state index contributed by atoms with van der Waals surface area (Å²) in [6.45, 7) is 4.51. The Morgan fingerprint density at radius 2 is 0.852 bits per heavy atom. The zero-order chi connectivity index (χ0) is 39.6. The Hall–Kier alpha value is -2.22. The van der Waals surface area contributed by atoms with E-state index in [4.69, 9.17) is 0 Å². The lowest BCUT2D eigenvalue weighted by Crippen LogP contribution is -2.46. The number of unbranched alkanes of at least 4 members (excludes halogenated alkanes) is 21. The molecule has 2 atom stereocenters. The summed E-state index contributed by atoms with van der Waals surface area (Å²) in [5.41, 5.74) is 0. The van der Waals surface area contributed by atoms with Crippen molar-refractivity contribution in [3.63, 3.8) is 0 Å². The molecule has 7 heteroatoms. The number of hydrogen-bond donors (Lipinski definition) is 3. The first-order valence-corrected chi connectivity index (χ1v) is 23.7. The van der Waals surface area contributed by atoms with Gasteiger partial charge in [0.2, 0.25) is 5.91 Å².